The topological polar surface area (TPSA) is 12.9 Å². The minimum absolute atomic E-state index is 0.263. The van der Waals surface area contributed by atoms with Crippen molar-refractivity contribution in [3.63, 3.8) is 0 Å². The molecular weight excluding hydrogens is 199 g/mol. The van der Waals surface area contributed by atoms with Crippen LogP contribution < -0.4 is 0 Å². The largest absolute Gasteiger partial charge is 0.443 e. The molecule has 0 atom stereocenters. The van der Waals surface area contributed by atoms with Crippen LogP contribution in [0.15, 0.2) is 6.20 Å². The zero-order valence-corrected chi connectivity index (χ0v) is 8.38. The smallest absolute Gasteiger partial charge is 0.240 e. The minimum Gasteiger partial charge on any atom is -0.240 e. The summed E-state index contributed by atoms with van der Waals surface area (Å²) in [7, 11) is 0. The van der Waals surface area contributed by atoms with E-state index in [1.807, 2.05) is 20.8 Å². The van der Waals surface area contributed by atoms with Gasteiger partial charge in [-0.25, -0.2) is 4.98 Å². The molecule has 1 nitrogen and oxygen atoms in total. The molecule has 0 aliphatic carbocycles. The van der Waals surface area contributed by atoms with Crippen LogP contribution in [0.3, 0.4) is 0 Å². The van der Waals surface area contributed by atoms with Gasteiger partial charge in [0, 0.05) is 11.1 Å². The van der Waals surface area contributed by atoms with E-state index in [0.717, 1.165) is 0 Å². The van der Waals surface area contributed by atoms with Crippen LogP contribution in [-0.4, -0.2) is 4.98 Å². The number of rotatable bonds is 0. The number of thiazole rings is 1. The fourth-order valence-electron chi connectivity index (χ4n) is 0.752. The summed E-state index contributed by atoms with van der Waals surface area (Å²) >= 11 is 0.711. The van der Waals surface area contributed by atoms with E-state index in [4.69, 9.17) is 0 Å². The molecule has 0 saturated carbocycles. The summed E-state index contributed by atoms with van der Waals surface area (Å²) in [6.07, 6.45) is -3.01. The van der Waals surface area contributed by atoms with E-state index in [9.17, 15) is 13.2 Å². The lowest BCUT2D eigenvalue weighted by atomic mass is 9.96. The summed E-state index contributed by atoms with van der Waals surface area (Å²) in [6, 6.07) is 0. The molecule has 0 amide bonds. The van der Waals surface area contributed by atoms with Gasteiger partial charge in [0.05, 0.1) is 0 Å². The highest BCUT2D eigenvalue weighted by atomic mass is 32.1. The maximum absolute atomic E-state index is 12.1. The van der Waals surface area contributed by atoms with E-state index in [2.05, 4.69) is 4.98 Å². The Kier molecular flexibility index (Phi) is 2.40. The van der Waals surface area contributed by atoms with Crippen LogP contribution in [0.4, 0.5) is 13.2 Å². The highest BCUT2D eigenvalue weighted by molar-refractivity contribution is 7.11. The molecular formula is C8H10F3NS. The molecule has 0 saturated heterocycles. The van der Waals surface area contributed by atoms with Crippen molar-refractivity contribution in [3.8, 4) is 0 Å². The van der Waals surface area contributed by atoms with Crippen LogP contribution >= 0.6 is 11.3 Å². The minimum atomic E-state index is -4.31. The van der Waals surface area contributed by atoms with Gasteiger partial charge in [0.15, 0.2) is 5.01 Å². The first-order chi connectivity index (χ1) is 5.71. The predicted molar refractivity (Wildman–Crippen MR) is 45.8 cm³/mol. The number of halogens is 3. The summed E-state index contributed by atoms with van der Waals surface area (Å²) < 4.78 is 36.4. The fraction of sp³-hybridized carbons (Fsp3) is 0.625. The van der Waals surface area contributed by atoms with Crippen molar-refractivity contribution < 1.29 is 13.2 Å². The number of aromatic nitrogens is 1. The van der Waals surface area contributed by atoms with E-state index in [1.54, 1.807) is 0 Å². The van der Waals surface area contributed by atoms with Gasteiger partial charge < -0.3 is 0 Å². The van der Waals surface area contributed by atoms with Gasteiger partial charge >= 0.3 is 6.18 Å². The third-order valence-electron chi connectivity index (χ3n) is 1.49. The maximum Gasteiger partial charge on any atom is 0.443 e. The normalized spacial score (nSPS) is 13.4. The van der Waals surface area contributed by atoms with Crippen molar-refractivity contribution in [2.24, 2.45) is 0 Å². The fourth-order valence-corrected chi connectivity index (χ4v) is 1.59. The number of hydrogen-bond acceptors (Lipinski definition) is 2. The molecule has 74 valence electrons. The Hall–Kier alpha value is -0.580. The van der Waals surface area contributed by atoms with Crippen LogP contribution in [-0.2, 0) is 11.6 Å². The Morgan fingerprint density at radius 1 is 1.23 bits per heavy atom. The molecule has 0 bridgehead atoms. The molecule has 0 radical (unpaired) electrons. The van der Waals surface area contributed by atoms with E-state index in [0.29, 0.717) is 16.2 Å². The second-order valence-corrected chi connectivity index (χ2v) is 4.81. The Balaban J connectivity index is 3.01. The molecule has 5 heteroatoms. The van der Waals surface area contributed by atoms with Crippen LogP contribution in [0, 0.1) is 0 Å². The second-order valence-electron chi connectivity index (χ2n) is 3.78. The van der Waals surface area contributed by atoms with Crippen molar-refractivity contribution >= 4 is 11.3 Å². The molecule has 0 unspecified atom stereocenters. The predicted octanol–water partition coefficient (Wildman–Crippen LogP) is 3.46. The maximum atomic E-state index is 12.1. The van der Waals surface area contributed by atoms with Gasteiger partial charge in [-0.15, -0.1) is 11.3 Å². The van der Waals surface area contributed by atoms with Gasteiger partial charge in [0.1, 0.15) is 0 Å². The monoisotopic (exact) mass is 209 g/mol. The van der Waals surface area contributed by atoms with Gasteiger partial charge in [-0.05, 0) is 5.41 Å². The van der Waals surface area contributed by atoms with Crippen molar-refractivity contribution in [1.29, 1.82) is 0 Å². The molecule has 1 aromatic heterocycles. The quantitative estimate of drug-likeness (QED) is 0.637. The van der Waals surface area contributed by atoms with Crippen molar-refractivity contribution in [1.82, 2.24) is 4.98 Å². The molecule has 0 N–H and O–H groups in total. The summed E-state index contributed by atoms with van der Waals surface area (Å²) in [5.41, 5.74) is -0.263. The molecule has 1 rings (SSSR count). The van der Waals surface area contributed by atoms with Gasteiger partial charge in [0.25, 0.3) is 0 Å². The van der Waals surface area contributed by atoms with E-state index >= 15 is 0 Å². The second kappa shape index (κ2) is 2.97. The zero-order chi connectivity index (χ0) is 10.3. The molecule has 0 aliphatic rings. The summed E-state index contributed by atoms with van der Waals surface area (Å²) in [4.78, 5) is 4.00. The highest BCUT2D eigenvalue weighted by Gasteiger charge is 2.35. The number of hydrogen-bond donors (Lipinski definition) is 0. The lowest BCUT2D eigenvalue weighted by molar-refractivity contribution is -0.137. The van der Waals surface area contributed by atoms with Crippen LogP contribution in [0.2, 0.25) is 0 Å². The van der Waals surface area contributed by atoms with E-state index in [-0.39, 0.29) is 5.41 Å². The third-order valence-corrected chi connectivity index (χ3v) is 2.96. The van der Waals surface area contributed by atoms with Crippen LogP contribution in [0.5, 0.6) is 0 Å². The average Bonchev–Trinajstić information content (AvgIpc) is 2.28. The molecule has 1 aromatic rings. The number of nitrogens with zero attached hydrogens (tertiary/aromatic N) is 1. The molecule has 0 aliphatic heterocycles. The average molecular weight is 209 g/mol. The first-order valence-corrected chi connectivity index (χ1v) is 4.56. The SMILES string of the molecule is CC(C)(C)c1cnc(C(F)(F)F)s1. The van der Waals surface area contributed by atoms with Gasteiger partial charge in [-0.3, -0.25) is 0 Å². The zero-order valence-electron chi connectivity index (χ0n) is 7.57. The summed E-state index contributed by atoms with van der Waals surface area (Å²) in [5.74, 6) is 0. The Morgan fingerprint density at radius 3 is 2.00 bits per heavy atom. The van der Waals surface area contributed by atoms with E-state index < -0.39 is 11.2 Å². The van der Waals surface area contributed by atoms with Crippen molar-refractivity contribution in [3.05, 3.63) is 16.1 Å². The first kappa shape index (κ1) is 10.5. The summed E-state index contributed by atoms with van der Waals surface area (Å²) in [5, 5.41) is -0.766. The van der Waals surface area contributed by atoms with Crippen LogP contribution in [0.25, 0.3) is 0 Å². The number of alkyl halides is 3. The molecule has 13 heavy (non-hydrogen) atoms. The summed E-state index contributed by atoms with van der Waals surface area (Å²) in [6.45, 7) is 5.59. The van der Waals surface area contributed by atoms with Gasteiger partial charge in [-0.2, -0.15) is 13.2 Å². The lowest BCUT2D eigenvalue weighted by Crippen LogP contribution is -2.08. The molecule has 0 aromatic carbocycles. The van der Waals surface area contributed by atoms with Gasteiger partial charge in [0.2, 0.25) is 0 Å². The van der Waals surface area contributed by atoms with Gasteiger partial charge in [-0.1, -0.05) is 20.8 Å². The van der Waals surface area contributed by atoms with Crippen molar-refractivity contribution in [2.45, 2.75) is 32.4 Å². The molecule has 0 spiro atoms. The molecule has 1 heterocycles. The van der Waals surface area contributed by atoms with Crippen molar-refractivity contribution in [2.75, 3.05) is 0 Å². The Morgan fingerprint density at radius 2 is 1.77 bits per heavy atom. The lowest BCUT2D eigenvalue weighted by Gasteiger charge is -2.14. The first-order valence-electron chi connectivity index (χ1n) is 3.75. The van der Waals surface area contributed by atoms with E-state index in [1.165, 1.54) is 6.20 Å². The third kappa shape index (κ3) is 2.43. The van der Waals surface area contributed by atoms with Crippen LogP contribution in [0.1, 0.15) is 30.7 Å². The molecule has 0 fully saturated rings. The Bertz CT molecular complexity index is 267. The highest BCUT2D eigenvalue weighted by Crippen LogP contribution is 2.36. The Labute approximate surface area is 78.6 Å². The standard InChI is InChI=1S/C8H10F3NS/c1-7(2,3)5-4-12-6(13-5)8(9,10)11/h4H,1-3H3.